The zero-order valence-corrected chi connectivity index (χ0v) is 17.6. The highest BCUT2D eigenvalue weighted by Crippen LogP contribution is 2.30. The predicted molar refractivity (Wildman–Crippen MR) is 116 cm³/mol. The first-order chi connectivity index (χ1) is 14.9. The van der Waals surface area contributed by atoms with E-state index in [4.69, 9.17) is 4.74 Å². The first-order valence-corrected chi connectivity index (χ1v) is 10.2. The van der Waals surface area contributed by atoms with Crippen LogP contribution in [0.4, 0.5) is 0 Å². The number of nitrogens with zero attached hydrogens (tertiary/aromatic N) is 2. The number of fused-ring (bicyclic) bond motifs is 1. The number of methoxy groups -OCH3 is 1. The molecular formula is C23H18N2O5S. The van der Waals surface area contributed by atoms with Gasteiger partial charge in [0.25, 0.3) is 5.56 Å². The SMILES string of the molecule is COC(=O)C1=C(C)N=c2s/c(=C/c3ccccc3C(=O)O)c(=O)n2C1c1ccccc1. The lowest BCUT2D eigenvalue weighted by molar-refractivity contribution is -0.136. The smallest absolute Gasteiger partial charge is 0.338 e. The van der Waals surface area contributed by atoms with Crippen LogP contribution in [0.25, 0.3) is 6.08 Å². The Morgan fingerprint density at radius 3 is 2.48 bits per heavy atom. The highest BCUT2D eigenvalue weighted by Gasteiger charge is 2.32. The summed E-state index contributed by atoms with van der Waals surface area (Å²) in [4.78, 5) is 42.4. The van der Waals surface area contributed by atoms with Gasteiger partial charge in [-0.1, -0.05) is 59.9 Å². The van der Waals surface area contributed by atoms with Crippen molar-refractivity contribution in [2.75, 3.05) is 7.11 Å². The Hall–Kier alpha value is -3.78. The van der Waals surface area contributed by atoms with Crippen molar-refractivity contribution < 1.29 is 19.4 Å². The number of hydrogen-bond acceptors (Lipinski definition) is 6. The van der Waals surface area contributed by atoms with Crippen LogP contribution in [0.15, 0.2) is 75.7 Å². The maximum Gasteiger partial charge on any atom is 0.338 e. The number of hydrogen-bond donors (Lipinski definition) is 1. The number of carbonyl (C=O) groups excluding carboxylic acids is 1. The minimum atomic E-state index is -1.08. The molecule has 8 heteroatoms. The molecule has 31 heavy (non-hydrogen) atoms. The molecule has 156 valence electrons. The van der Waals surface area contributed by atoms with Gasteiger partial charge in [0.2, 0.25) is 0 Å². The molecule has 0 radical (unpaired) electrons. The number of aromatic carboxylic acids is 1. The Balaban J connectivity index is 2.00. The molecular weight excluding hydrogens is 416 g/mol. The van der Waals surface area contributed by atoms with Crippen LogP contribution in [0, 0.1) is 0 Å². The molecule has 0 spiro atoms. The minimum absolute atomic E-state index is 0.0966. The molecule has 1 unspecified atom stereocenters. The number of rotatable bonds is 4. The van der Waals surface area contributed by atoms with Crippen LogP contribution < -0.4 is 14.9 Å². The van der Waals surface area contributed by atoms with Gasteiger partial charge in [-0.15, -0.1) is 0 Å². The van der Waals surface area contributed by atoms with E-state index in [1.165, 1.54) is 17.7 Å². The Labute approximate surface area is 180 Å². The third-order valence-electron chi connectivity index (χ3n) is 5.02. The van der Waals surface area contributed by atoms with E-state index in [1.54, 1.807) is 31.2 Å². The number of aromatic nitrogens is 1. The van der Waals surface area contributed by atoms with E-state index < -0.39 is 18.0 Å². The van der Waals surface area contributed by atoms with Gasteiger partial charge in [0, 0.05) is 0 Å². The quantitative estimate of drug-likeness (QED) is 0.635. The Kier molecular flexibility index (Phi) is 5.39. The van der Waals surface area contributed by atoms with Crippen molar-refractivity contribution in [2.45, 2.75) is 13.0 Å². The van der Waals surface area contributed by atoms with E-state index in [9.17, 15) is 19.5 Å². The summed E-state index contributed by atoms with van der Waals surface area (Å²) in [6.07, 6.45) is 1.55. The van der Waals surface area contributed by atoms with E-state index in [-0.39, 0.29) is 11.1 Å². The normalized spacial score (nSPS) is 15.9. The molecule has 0 fully saturated rings. The summed E-state index contributed by atoms with van der Waals surface area (Å²) >= 11 is 1.15. The lowest BCUT2D eigenvalue weighted by Crippen LogP contribution is -2.39. The number of carboxylic acid groups (broad SMARTS) is 1. The number of carbonyl (C=O) groups is 2. The summed E-state index contributed by atoms with van der Waals surface area (Å²) in [5.74, 6) is -1.63. The summed E-state index contributed by atoms with van der Waals surface area (Å²) in [6, 6.07) is 15.0. The fraction of sp³-hybridized carbons (Fsp3) is 0.130. The Morgan fingerprint density at radius 1 is 1.13 bits per heavy atom. The van der Waals surface area contributed by atoms with Crippen molar-refractivity contribution in [3.8, 4) is 0 Å². The van der Waals surface area contributed by atoms with E-state index in [0.717, 1.165) is 16.9 Å². The molecule has 1 aromatic heterocycles. The third kappa shape index (κ3) is 3.62. The number of ether oxygens (including phenoxy) is 1. The maximum atomic E-state index is 13.4. The van der Waals surface area contributed by atoms with Gasteiger partial charge in [-0.3, -0.25) is 9.36 Å². The standard InChI is InChI=1S/C23H18N2O5S/c1-13-18(22(29)30-2)19(14-8-4-3-5-9-14)25-20(26)17(31-23(25)24-13)12-15-10-6-7-11-16(15)21(27)28/h3-12,19H,1-2H3,(H,27,28)/b17-12+. The minimum Gasteiger partial charge on any atom is -0.478 e. The van der Waals surface area contributed by atoms with Gasteiger partial charge in [0.15, 0.2) is 4.80 Å². The van der Waals surface area contributed by atoms with E-state index in [1.807, 2.05) is 30.3 Å². The average molecular weight is 434 g/mol. The maximum absolute atomic E-state index is 13.4. The number of esters is 1. The molecule has 0 saturated carbocycles. The highest BCUT2D eigenvalue weighted by atomic mass is 32.1. The van der Waals surface area contributed by atoms with Crippen molar-refractivity contribution in [1.82, 2.24) is 4.57 Å². The van der Waals surface area contributed by atoms with Gasteiger partial charge in [-0.2, -0.15) is 0 Å². The van der Waals surface area contributed by atoms with Gasteiger partial charge in [-0.25, -0.2) is 14.6 Å². The monoisotopic (exact) mass is 434 g/mol. The molecule has 3 aromatic rings. The van der Waals surface area contributed by atoms with Crippen molar-refractivity contribution in [3.63, 3.8) is 0 Å². The van der Waals surface area contributed by atoms with Crippen LogP contribution in [0.2, 0.25) is 0 Å². The summed E-state index contributed by atoms with van der Waals surface area (Å²) in [5.41, 5.74) is 1.67. The van der Waals surface area contributed by atoms with E-state index in [2.05, 4.69) is 4.99 Å². The number of thiazole rings is 1. The van der Waals surface area contributed by atoms with Crippen LogP contribution in [0.5, 0.6) is 0 Å². The van der Waals surface area contributed by atoms with Crippen LogP contribution in [0.1, 0.15) is 34.5 Å². The zero-order chi connectivity index (χ0) is 22.1. The number of benzene rings is 2. The Bertz CT molecular complexity index is 1400. The summed E-state index contributed by atoms with van der Waals surface area (Å²) in [5, 5.41) is 9.45. The van der Waals surface area contributed by atoms with Crippen LogP contribution in [-0.4, -0.2) is 28.7 Å². The van der Waals surface area contributed by atoms with E-state index >= 15 is 0 Å². The summed E-state index contributed by atoms with van der Waals surface area (Å²) in [7, 11) is 1.29. The molecule has 2 aromatic carbocycles. The predicted octanol–water partition coefficient (Wildman–Crippen LogP) is 2.11. The van der Waals surface area contributed by atoms with Gasteiger partial charge in [0.05, 0.1) is 34.5 Å². The second-order valence-corrected chi connectivity index (χ2v) is 7.89. The summed E-state index contributed by atoms with van der Waals surface area (Å²) < 4.78 is 6.76. The molecule has 0 saturated heterocycles. The van der Waals surface area contributed by atoms with Gasteiger partial charge >= 0.3 is 11.9 Å². The molecule has 1 aliphatic rings. The number of allylic oxidation sites excluding steroid dienone is 1. The second-order valence-electron chi connectivity index (χ2n) is 6.88. The fourth-order valence-corrected chi connectivity index (χ4v) is 4.64. The van der Waals surface area contributed by atoms with Crippen molar-refractivity contribution in [2.24, 2.45) is 4.99 Å². The molecule has 7 nitrogen and oxygen atoms in total. The first kappa shape index (κ1) is 20.5. The molecule has 2 heterocycles. The molecule has 0 bridgehead atoms. The molecule has 4 rings (SSSR count). The van der Waals surface area contributed by atoms with Crippen molar-refractivity contribution in [3.05, 3.63) is 102 Å². The van der Waals surface area contributed by atoms with Crippen LogP contribution in [-0.2, 0) is 9.53 Å². The van der Waals surface area contributed by atoms with Gasteiger partial charge in [0.1, 0.15) is 0 Å². The first-order valence-electron chi connectivity index (χ1n) is 9.40. The van der Waals surface area contributed by atoms with Gasteiger partial charge in [-0.05, 0) is 30.2 Å². The Morgan fingerprint density at radius 2 is 1.81 bits per heavy atom. The van der Waals surface area contributed by atoms with Crippen molar-refractivity contribution >= 4 is 29.4 Å². The lowest BCUT2D eigenvalue weighted by atomic mass is 9.96. The molecule has 0 aliphatic carbocycles. The van der Waals surface area contributed by atoms with Crippen LogP contribution >= 0.6 is 11.3 Å². The van der Waals surface area contributed by atoms with Gasteiger partial charge < -0.3 is 9.84 Å². The van der Waals surface area contributed by atoms with E-state index in [0.29, 0.717) is 26.2 Å². The highest BCUT2D eigenvalue weighted by molar-refractivity contribution is 7.07. The fourth-order valence-electron chi connectivity index (χ4n) is 3.60. The molecule has 1 N–H and O–H groups in total. The largest absolute Gasteiger partial charge is 0.478 e. The molecule has 1 atom stereocenters. The molecule has 0 amide bonds. The van der Waals surface area contributed by atoms with Crippen LogP contribution in [0.3, 0.4) is 0 Å². The zero-order valence-electron chi connectivity index (χ0n) is 16.7. The lowest BCUT2D eigenvalue weighted by Gasteiger charge is -2.24. The topological polar surface area (TPSA) is 98.0 Å². The summed E-state index contributed by atoms with van der Waals surface area (Å²) in [6.45, 7) is 1.71. The third-order valence-corrected chi connectivity index (χ3v) is 6.00. The average Bonchev–Trinajstić information content (AvgIpc) is 3.07. The number of carboxylic acids is 1. The second kappa shape index (κ2) is 8.16. The molecule has 1 aliphatic heterocycles. The van der Waals surface area contributed by atoms with Crippen molar-refractivity contribution in [1.29, 1.82) is 0 Å².